The average Bonchev–Trinajstić information content (AvgIpc) is 2.81. The van der Waals surface area contributed by atoms with Crippen LogP contribution in [-0.2, 0) is 19.5 Å². The summed E-state index contributed by atoms with van der Waals surface area (Å²) in [5.41, 5.74) is 1.48. The summed E-state index contributed by atoms with van der Waals surface area (Å²) in [7, 11) is -4.25. The first-order valence-electron chi connectivity index (χ1n) is 10.1. The van der Waals surface area contributed by atoms with Gasteiger partial charge in [-0.25, -0.2) is 13.1 Å². The van der Waals surface area contributed by atoms with Crippen LogP contribution in [0.25, 0.3) is 6.08 Å². The second-order valence-corrected chi connectivity index (χ2v) is 9.27. The molecule has 0 radical (unpaired) electrons. The molecule has 2 fully saturated rings. The van der Waals surface area contributed by atoms with Crippen molar-refractivity contribution in [1.82, 2.24) is 4.72 Å². The van der Waals surface area contributed by atoms with Crippen molar-refractivity contribution in [2.45, 2.75) is 30.5 Å². The zero-order valence-electron chi connectivity index (χ0n) is 17.2. The number of aliphatic hydroxyl groups excluding tert-OH is 4. The number of benzene rings is 1. The van der Waals surface area contributed by atoms with E-state index in [-0.39, 0.29) is 0 Å². The summed E-state index contributed by atoms with van der Waals surface area (Å²) in [6.45, 7) is 1.69. The Kier molecular flexibility index (Phi) is 8.21. The quantitative estimate of drug-likeness (QED) is 0.285. The van der Waals surface area contributed by atoms with Crippen molar-refractivity contribution in [3.63, 3.8) is 0 Å². The SMILES string of the molecule is N#C/C(=C\c1ccc(N2CCOCC2)cc1)S(=O)(=O)NC[C@H]1OC(CO)[C@H](O)[C@@H](O)[C@@H]1O. The number of hydrogen-bond donors (Lipinski definition) is 5. The van der Waals surface area contributed by atoms with E-state index in [1.165, 1.54) is 6.08 Å². The molecule has 32 heavy (non-hydrogen) atoms. The molecule has 1 unspecified atom stereocenters. The summed E-state index contributed by atoms with van der Waals surface area (Å²) in [6.07, 6.45) is -5.91. The number of hydrogen-bond acceptors (Lipinski definition) is 10. The summed E-state index contributed by atoms with van der Waals surface area (Å²) in [5.74, 6) is 0. The van der Waals surface area contributed by atoms with Gasteiger partial charge in [0, 0.05) is 25.3 Å². The van der Waals surface area contributed by atoms with Crippen LogP contribution < -0.4 is 9.62 Å². The molecule has 5 N–H and O–H groups in total. The Labute approximate surface area is 186 Å². The molecule has 0 spiro atoms. The van der Waals surface area contributed by atoms with Crippen LogP contribution in [0.4, 0.5) is 5.69 Å². The van der Waals surface area contributed by atoms with Crippen LogP contribution in [0.5, 0.6) is 0 Å². The standard InChI is InChI=1S/C20H27N3O8S/c21-10-15(9-13-1-3-14(4-2-13)23-5-7-30-8-6-23)32(28,29)22-11-16-18(25)20(27)19(26)17(12-24)31-16/h1-4,9,16-20,22,24-27H,5-8,11-12H2/b15-9+/t16-,17?,18-,19+,20+/m1/s1. The molecule has 12 heteroatoms. The Hall–Kier alpha value is -2.08. The number of morpholine rings is 1. The highest BCUT2D eigenvalue weighted by atomic mass is 32.2. The molecule has 0 bridgehead atoms. The molecule has 1 aromatic carbocycles. The maximum atomic E-state index is 12.6. The molecule has 0 saturated carbocycles. The largest absolute Gasteiger partial charge is 0.394 e. The van der Waals surface area contributed by atoms with Gasteiger partial charge in [0.25, 0.3) is 10.0 Å². The summed E-state index contributed by atoms with van der Waals surface area (Å²) in [4.78, 5) is 1.60. The second-order valence-electron chi connectivity index (χ2n) is 7.53. The van der Waals surface area contributed by atoms with Crippen LogP contribution in [0, 0.1) is 11.3 Å². The Balaban J connectivity index is 1.68. The molecular weight excluding hydrogens is 442 g/mol. The second kappa shape index (κ2) is 10.7. The van der Waals surface area contributed by atoms with Crippen LogP contribution in [0.1, 0.15) is 5.56 Å². The van der Waals surface area contributed by atoms with Crippen molar-refractivity contribution in [3.05, 3.63) is 34.7 Å². The van der Waals surface area contributed by atoms with E-state index in [1.54, 1.807) is 18.2 Å². The average molecular weight is 470 g/mol. The molecule has 11 nitrogen and oxygen atoms in total. The smallest absolute Gasteiger partial charge is 0.250 e. The summed E-state index contributed by atoms with van der Waals surface area (Å²) in [5, 5.41) is 48.3. The number of ether oxygens (including phenoxy) is 2. The van der Waals surface area contributed by atoms with Gasteiger partial charge in [0.2, 0.25) is 0 Å². The minimum absolute atomic E-state index is 0.473. The summed E-state index contributed by atoms with van der Waals surface area (Å²) < 4.78 is 38.0. The van der Waals surface area contributed by atoms with Gasteiger partial charge in [0.1, 0.15) is 36.6 Å². The van der Waals surface area contributed by atoms with Crippen LogP contribution >= 0.6 is 0 Å². The minimum Gasteiger partial charge on any atom is -0.394 e. The number of nitrogens with zero attached hydrogens (tertiary/aromatic N) is 2. The number of sulfonamides is 1. The molecule has 2 aliphatic heterocycles. The lowest BCUT2D eigenvalue weighted by Crippen LogP contribution is -2.60. The summed E-state index contributed by atoms with van der Waals surface area (Å²) in [6, 6.07) is 8.73. The van der Waals surface area contributed by atoms with Crippen LogP contribution in [-0.4, -0.2) is 98.8 Å². The van der Waals surface area contributed by atoms with Gasteiger partial charge < -0.3 is 34.8 Å². The Bertz CT molecular complexity index is 939. The van der Waals surface area contributed by atoms with E-state index in [0.717, 1.165) is 18.8 Å². The van der Waals surface area contributed by atoms with Gasteiger partial charge >= 0.3 is 0 Å². The van der Waals surface area contributed by atoms with E-state index in [1.807, 2.05) is 12.1 Å². The Morgan fingerprint density at radius 3 is 2.34 bits per heavy atom. The van der Waals surface area contributed by atoms with Crippen molar-refractivity contribution in [3.8, 4) is 6.07 Å². The molecule has 0 amide bonds. The van der Waals surface area contributed by atoms with Crippen molar-refractivity contribution < 1.29 is 38.3 Å². The number of aliphatic hydroxyl groups is 4. The summed E-state index contributed by atoms with van der Waals surface area (Å²) >= 11 is 0. The van der Waals surface area contributed by atoms with Gasteiger partial charge in [-0.1, -0.05) is 12.1 Å². The van der Waals surface area contributed by atoms with Crippen LogP contribution in [0.3, 0.4) is 0 Å². The molecule has 176 valence electrons. The van der Waals surface area contributed by atoms with Crippen molar-refractivity contribution in [1.29, 1.82) is 5.26 Å². The topological polar surface area (TPSA) is 173 Å². The lowest BCUT2D eigenvalue weighted by molar-refractivity contribution is -0.226. The fraction of sp³-hybridized carbons (Fsp3) is 0.550. The van der Waals surface area contributed by atoms with Crippen molar-refractivity contribution in [2.75, 3.05) is 44.4 Å². The third kappa shape index (κ3) is 5.64. The van der Waals surface area contributed by atoms with Gasteiger partial charge in [0.05, 0.1) is 19.8 Å². The molecular formula is C20H27N3O8S. The van der Waals surface area contributed by atoms with Gasteiger partial charge in [-0.05, 0) is 23.8 Å². The molecule has 3 rings (SSSR count). The first-order valence-corrected chi connectivity index (χ1v) is 11.6. The van der Waals surface area contributed by atoms with Crippen LogP contribution in [0.2, 0.25) is 0 Å². The fourth-order valence-corrected chi connectivity index (χ4v) is 4.49. The molecule has 0 aromatic heterocycles. The van der Waals surface area contributed by atoms with E-state index in [0.29, 0.717) is 18.8 Å². The lowest BCUT2D eigenvalue weighted by Gasteiger charge is -2.40. The fourth-order valence-electron chi connectivity index (χ4n) is 3.54. The molecule has 5 atom stereocenters. The van der Waals surface area contributed by atoms with Crippen LogP contribution in [0.15, 0.2) is 29.2 Å². The zero-order valence-corrected chi connectivity index (χ0v) is 18.1. The number of rotatable bonds is 7. The predicted molar refractivity (Wildman–Crippen MR) is 114 cm³/mol. The van der Waals surface area contributed by atoms with E-state index in [9.17, 15) is 34.1 Å². The lowest BCUT2D eigenvalue weighted by atomic mass is 9.95. The van der Waals surface area contributed by atoms with Gasteiger partial charge in [-0.3, -0.25) is 0 Å². The van der Waals surface area contributed by atoms with E-state index >= 15 is 0 Å². The normalized spacial score (nSPS) is 29.5. The highest BCUT2D eigenvalue weighted by molar-refractivity contribution is 7.93. The molecule has 2 aliphatic rings. The Morgan fingerprint density at radius 2 is 1.75 bits per heavy atom. The third-order valence-corrected chi connectivity index (χ3v) is 6.77. The third-order valence-electron chi connectivity index (χ3n) is 5.43. The molecule has 1 aromatic rings. The first-order chi connectivity index (χ1) is 15.3. The van der Waals surface area contributed by atoms with E-state index in [2.05, 4.69) is 9.62 Å². The Morgan fingerprint density at radius 1 is 1.12 bits per heavy atom. The van der Waals surface area contributed by atoms with Crippen molar-refractivity contribution >= 4 is 21.8 Å². The first kappa shape index (κ1) is 24.6. The number of allylic oxidation sites excluding steroid dienone is 1. The van der Waals surface area contributed by atoms with E-state index in [4.69, 9.17) is 9.47 Å². The number of nitriles is 1. The van der Waals surface area contributed by atoms with E-state index < -0.39 is 58.6 Å². The van der Waals surface area contributed by atoms with Gasteiger partial charge in [-0.2, -0.15) is 5.26 Å². The molecule has 0 aliphatic carbocycles. The monoisotopic (exact) mass is 469 g/mol. The number of nitrogens with one attached hydrogen (secondary N) is 1. The van der Waals surface area contributed by atoms with Gasteiger partial charge in [0.15, 0.2) is 4.91 Å². The molecule has 2 heterocycles. The maximum Gasteiger partial charge on any atom is 0.250 e. The van der Waals surface area contributed by atoms with Crippen molar-refractivity contribution in [2.24, 2.45) is 0 Å². The highest BCUT2D eigenvalue weighted by Crippen LogP contribution is 2.22. The minimum atomic E-state index is -4.25. The molecule has 2 saturated heterocycles. The zero-order chi connectivity index (χ0) is 23.3. The highest BCUT2D eigenvalue weighted by Gasteiger charge is 2.43. The maximum absolute atomic E-state index is 12.6. The number of anilines is 1. The predicted octanol–water partition coefficient (Wildman–Crippen LogP) is -1.85. The van der Waals surface area contributed by atoms with Gasteiger partial charge in [-0.15, -0.1) is 0 Å².